The Labute approximate surface area is 96.5 Å². The predicted octanol–water partition coefficient (Wildman–Crippen LogP) is 3.66. The molecule has 0 spiro atoms. The maximum atomic E-state index is 11.3. The number of hydrogen-bond acceptors (Lipinski definition) is 4. The van der Waals surface area contributed by atoms with Gasteiger partial charge in [-0.3, -0.25) is 4.79 Å². The van der Waals surface area contributed by atoms with E-state index in [0.29, 0.717) is 6.61 Å². The summed E-state index contributed by atoms with van der Waals surface area (Å²) >= 11 is 3.39. The Balaban J connectivity index is 2.01. The summed E-state index contributed by atoms with van der Waals surface area (Å²) in [6.07, 6.45) is 0. The van der Waals surface area contributed by atoms with Gasteiger partial charge in [0.15, 0.2) is 0 Å². The fourth-order valence-electron chi connectivity index (χ4n) is 1.21. The van der Waals surface area contributed by atoms with Crippen molar-refractivity contribution in [3.05, 3.63) is 21.7 Å². The Morgan fingerprint density at radius 3 is 2.93 bits per heavy atom. The number of esters is 1. The van der Waals surface area contributed by atoms with Crippen molar-refractivity contribution in [1.82, 2.24) is 0 Å². The molecular formula is C11H12O2S2. The molecule has 0 aromatic carbocycles. The van der Waals surface area contributed by atoms with Crippen LogP contribution in [0.4, 0.5) is 0 Å². The third-order valence-corrected chi connectivity index (χ3v) is 4.02. The van der Waals surface area contributed by atoms with Crippen LogP contribution in [-0.4, -0.2) is 5.97 Å². The zero-order valence-electron chi connectivity index (χ0n) is 8.65. The molecule has 0 aliphatic rings. The van der Waals surface area contributed by atoms with Crippen LogP contribution in [0.1, 0.15) is 18.7 Å². The second-order valence-corrected chi connectivity index (χ2v) is 5.58. The lowest BCUT2D eigenvalue weighted by Crippen LogP contribution is -2.10. The van der Waals surface area contributed by atoms with Crippen molar-refractivity contribution in [3.8, 4) is 0 Å². The van der Waals surface area contributed by atoms with Gasteiger partial charge in [-0.15, -0.1) is 11.3 Å². The van der Waals surface area contributed by atoms with Gasteiger partial charge >= 0.3 is 5.97 Å². The minimum Gasteiger partial charge on any atom is -0.460 e. The number of carbonyl (C=O) groups is 1. The minimum atomic E-state index is -0.133. The van der Waals surface area contributed by atoms with E-state index in [1.165, 1.54) is 10.1 Å². The fourth-order valence-corrected chi connectivity index (χ4v) is 3.13. The molecule has 2 nitrogen and oxygen atoms in total. The van der Waals surface area contributed by atoms with Crippen LogP contribution in [0.15, 0.2) is 16.8 Å². The Kier molecular flexibility index (Phi) is 3.07. The highest BCUT2D eigenvalue weighted by Gasteiger charge is 2.09. The first-order valence-corrected chi connectivity index (χ1v) is 6.54. The number of ether oxygens (including phenoxy) is 1. The highest BCUT2D eigenvalue weighted by atomic mass is 32.1. The monoisotopic (exact) mass is 240 g/mol. The van der Waals surface area contributed by atoms with E-state index in [1.54, 1.807) is 22.7 Å². The van der Waals surface area contributed by atoms with Crippen molar-refractivity contribution in [2.24, 2.45) is 5.92 Å². The molecule has 4 heteroatoms. The summed E-state index contributed by atoms with van der Waals surface area (Å²) in [4.78, 5) is 12.4. The maximum absolute atomic E-state index is 11.3. The molecule has 0 saturated carbocycles. The zero-order chi connectivity index (χ0) is 10.8. The van der Waals surface area contributed by atoms with Gasteiger partial charge < -0.3 is 4.74 Å². The van der Waals surface area contributed by atoms with Gasteiger partial charge in [0, 0.05) is 20.3 Å². The van der Waals surface area contributed by atoms with E-state index in [0.717, 1.165) is 4.88 Å². The Morgan fingerprint density at radius 1 is 1.47 bits per heavy atom. The lowest BCUT2D eigenvalue weighted by molar-refractivity contribution is -0.148. The molecule has 2 aromatic rings. The Bertz CT molecular complexity index is 439. The third kappa shape index (κ3) is 2.38. The molecule has 0 aliphatic heterocycles. The number of thiophene rings is 2. The first-order valence-electron chi connectivity index (χ1n) is 4.78. The molecule has 0 bridgehead atoms. The summed E-state index contributed by atoms with van der Waals surface area (Å²) in [5.41, 5.74) is 0. The van der Waals surface area contributed by atoms with Crippen LogP contribution in [0.2, 0.25) is 0 Å². The van der Waals surface area contributed by atoms with Crippen LogP contribution in [0, 0.1) is 5.92 Å². The molecule has 15 heavy (non-hydrogen) atoms. The summed E-state index contributed by atoms with van der Waals surface area (Å²) in [7, 11) is 0. The molecule has 80 valence electrons. The average molecular weight is 240 g/mol. The number of hydrogen-bond donors (Lipinski definition) is 0. The number of rotatable bonds is 3. The molecule has 0 N–H and O–H groups in total. The Morgan fingerprint density at radius 2 is 2.27 bits per heavy atom. The molecule has 0 fully saturated rings. The molecule has 0 saturated heterocycles. The van der Waals surface area contributed by atoms with Crippen molar-refractivity contribution in [3.63, 3.8) is 0 Å². The van der Waals surface area contributed by atoms with Gasteiger partial charge in [-0.1, -0.05) is 13.8 Å². The van der Waals surface area contributed by atoms with Crippen molar-refractivity contribution in [1.29, 1.82) is 0 Å². The van der Waals surface area contributed by atoms with E-state index in [1.807, 2.05) is 13.8 Å². The average Bonchev–Trinajstić information content (AvgIpc) is 2.72. The van der Waals surface area contributed by atoms with E-state index >= 15 is 0 Å². The van der Waals surface area contributed by atoms with Gasteiger partial charge in [0.25, 0.3) is 0 Å². The lowest BCUT2D eigenvalue weighted by Gasteiger charge is -2.04. The Hall–Kier alpha value is -0.870. The predicted molar refractivity (Wildman–Crippen MR) is 64.3 cm³/mol. The molecule has 2 heterocycles. The summed E-state index contributed by atoms with van der Waals surface area (Å²) in [5, 5.41) is 5.48. The van der Waals surface area contributed by atoms with E-state index in [9.17, 15) is 4.79 Å². The highest BCUT2D eigenvalue weighted by Crippen LogP contribution is 2.29. The zero-order valence-corrected chi connectivity index (χ0v) is 10.3. The van der Waals surface area contributed by atoms with Crippen molar-refractivity contribution in [2.45, 2.75) is 20.5 Å². The van der Waals surface area contributed by atoms with E-state index in [4.69, 9.17) is 4.74 Å². The van der Waals surface area contributed by atoms with Crippen molar-refractivity contribution >= 4 is 38.7 Å². The standard InChI is InChI=1S/C11H12O2S2/c1-7(2)11(12)13-4-9-3-8-5-14-6-10(8)15-9/h3,5-7H,4H2,1-2H3. The van der Waals surface area contributed by atoms with Crippen LogP contribution in [0.5, 0.6) is 0 Å². The van der Waals surface area contributed by atoms with Crippen LogP contribution in [0.3, 0.4) is 0 Å². The number of carbonyl (C=O) groups excluding carboxylic acids is 1. The molecule has 2 aromatic heterocycles. The molecule has 0 atom stereocenters. The van der Waals surface area contributed by atoms with Gasteiger partial charge in [0.1, 0.15) is 6.61 Å². The molecule has 2 rings (SSSR count). The first-order chi connectivity index (χ1) is 7.16. The van der Waals surface area contributed by atoms with Gasteiger partial charge in [-0.05, 0) is 11.4 Å². The molecule has 0 aliphatic carbocycles. The summed E-state index contributed by atoms with van der Waals surface area (Å²) < 4.78 is 6.44. The second-order valence-electron chi connectivity index (χ2n) is 3.67. The molecule has 0 radical (unpaired) electrons. The minimum absolute atomic E-state index is 0.0505. The van der Waals surface area contributed by atoms with E-state index in [-0.39, 0.29) is 11.9 Å². The van der Waals surface area contributed by atoms with Crippen molar-refractivity contribution in [2.75, 3.05) is 0 Å². The lowest BCUT2D eigenvalue weighted by atomic mass is 10.2. The first kappa shape index (κ1) is 10.6. The van der Waals surface area contributed by atoms with Gasteiger partial charge in [0.05, 0.1) is 5.92 Å². The van der Waals surface area contributed by atoms with Crippen LogP contribution >= 0.6 is 22.7 Å². The quantitative estimate of drug-likeness (QED) is 0.765. The third-order valence-electron chi connectivity index (χ3n) is 2.04. The normalized spacial score (nSPS) is 11.1. The summed E-state index contributed by atoms with van der Waals surface area (Å²) in [6.45, 7) is 4.09. The fraction of sp³-hybridized carbons (Fsp3) is 0.364. The van der Waals surface area contributed by atoms with Crippen LogP contribution in [0.25, 0.3) is 10.1 Å². The van der Waals surface area contributed by atoms with Gasteiger partial charge in [-0.2, -0.15) is 11.3 Å². The molecule has 0 amide bonds. The molecule has 0 unspecified atom stereocenters. The van der Waals surface area contributed by atoms with Crippen LogP contribution < -0.4 is 0 Å². The summed E-state index contributed by atoms with van der Waals surface area (Å²) in [5.74, 6) is -0.184. The SMILES string of the molecule is CC(C)C(=O)OCc1cc2cscc2s1. The largest absolute Gasteiger partial charge is 0.460 e. The van der Waals surface area contributed by atoms with E-state index in [2.05, 4.69) is 16.8 Å². The topological polar surface area (TPSA) is 26.3 Å². The maximum Gasteiger partial charge on any atom is 0.308 e. The van der Waals surface area contributed by atoms with E-state index < -0.39 is 0 Å². The second kappa shape index (κ2) is 4.33. The van der Waals surface area contributed by atoms with Crippen LogP contribution in [-0.2, 0) is 16.1 Å². The smallest absolute Gasteiger partial charge is 0.308 e. The summed E-state index contributed by atoms with van der Waals surface area (Å²) in [6, 6.07) is 2.09. The van der Waals surface area contributed by atoms with Gasteiger partial charge in [-0.25, -0.2) is 0 Å². The molecular weight excluding hydrogens is 228 g/mol. The van der Waals surface area contributed by atoms with Crippen molar-refractivity contribution < 1.29 is 9.53 Å². The van der Waals surface area contributed by atoms with Gasteiger partial charge in [0.2, 0.25) is 0 Å². The highest BCUT2D eigenvalue weighted by molar-refractivity contribution is 7.22. The number of fused-ring (bicyclic) bond motifs is 1.